The normalized spacial score (nSPS) is 14.2. The van der Waals surface area contributed by atoms with Crippen LogP contribution in [0.5, 0.6) is 11.5 Å². The predicted octanol–water partition coefficient (Wildman–Crippen LogP) is 4.52. The van der Waals surface area contributed by atoms with Gasteiger partial charge in [0.1, 0.15) is 16.5 Å². The summed E-state index contributed by atoms with van der Waals surface area (Å²) in [6, 6.07) is 17.9. The van der Waals surface area contributed by atoms with Gasteiger partial charge in [0.05, 0.1) is 5.56 Å². The summed E-state index contributed by atoms with van der Waals surface area (Å²) in [7, 11) is 1.79. The number of hydrogen-bond donors (Lipinski definition) is 3. The van der Waals surface area contributed by atoms with Gasteiger partial charge in [-0.2, -0.15) is 0 Å². The zero-order valence-corrected chi connectivity index (χ0v) is 17.3. The largest absolute Gasteiger partial charge is 0.457 e. The number of benzene rings is 2. The molecule has 0 spiro atoms. The standard InChI is InChI=1S/C22H26N4O2S/c1-26-22(27)20(15-23-25-17-7-5-6-8-17)21(29-26)24-16-11-13-19(14-12-16)28-18-9-3-2-4-10-18/h2-4,9-14,17,23-25H,5-8,15H2,1H3. The number of ether oxygens (including phenoxy) is 1. The highest BCUT2D eigenvalue weighted by molar-refractivity contribution is 7.11. The third-order valence-electron chi connectivity index (χ3n) is 5.06. The Kier molecular flexibility index (Phi) is 6.29. The van der Waals surface area contributed by atoms with E-state index < -0.39 is 0 Å². The summed E-state index contributed by atoms with van der Waals surface area (Å²) in [6.45, 7) is 0.490. The summed E-state index contributed by atoms with van der Waals surface area (Å²) in [5.74, 6) is 1.57. The molecule has 4 rings (SSSR count). The number of para-hydroxylation sites is 1. The van der Waals surface area contributed by atoms with Gasteiger partial charge in [-0.25, -0.2) is 0 Å². The lowest BCUT2D eigenvalue weighted by atomic mass is 10.2. The fraction of sp³-hybridized carbons (Fsp3) is 0.318. The summed E-state index contributed by atoms with van der Waals surface area (Å²) in [5.41, 5.74) is 8.28. The molecule has 6 nitrogen and oxygen atoms in total. The smallest absolute Gasteiger partial charge is 0.267 e. The molecule has 0 aliphatic heterocycles. The van der Waals surface area contributed by atoms with E-state index in [4.69, 9.17) is 4.74 Å². The number of nitrogens with zero attached hydrogens (tertiary/aromatic N) is 1. The van der Waals surface area contributed by atoms with Crippen molar-refractivity contribution in [2.75, 3.05) is 5.32 Å². The Bertz CT molecular complexity index is 976. The fourth-order valence-electron chi connectivity index (χ4n) is 3.49. The average Bonchev–Trinajstić information content (AvgIpc) is 3.34. The van der Waals surface area contributed by atoms with Crippen LogP contribution in [0.3, 0.4) is 0 Å². The second kappa shape index (κ2) is 9.26. The molecule has 0 bridgehead atoms. The molecule has 2 aromatic carbocycles. The molecular weight excluding hydrogens is 384 g/mol. The molecule has 0 radical (unpaired) electrons. The van der Waals surface area contributed by atoms with Crippen LogP contribution in [0.1, 0.15) is 31.2 Å². The number of aromatic nitrogens is 1. The van der Waals surface area contributed by atoms with Crippen LogP contribution in [0.15, 0.2) is 59.4 Å². The van der Waals surface area contributed by atoms with Crippen molar-refractivity contribution in [2.45, 2.75) is 38.3 Å². The number of rotatable bonds is 8. The maximum absolute atomic E-state index is 12.5. The third kappa shape index (κ3) is 5.06. The molecule has 0 saturated heterocycles. The van der Waals surface area contributed by atoms with E-state index in [-0.39, 0.29) is 5.56 Å². The average molecular weight is 411 g/mol. The van der Waals surface area contributed by atoms with Gasteiger partial charge in [0.2, 0.25) is 0 Å². The van der Waals surface area contributed by atoms with Crippen molar-refractivity contribution < 1.29 is 4.74 Å². The van der Waals surface area contributed by atoms with Gasteiger partial charge in [0.25, 0.3) is 5.56 Å². The van der Waals surface area contributed by atoms with Crippen LogP contribution in [-0.4, -0.2) is 10.00 Å². The number of hydrogen-bond acceptors (Lipinski definition) is 6. The fourth-order valence-corrected chi connectivity index (χ4v) is 4.39. The number of nitrogens with one attached hydrogen (secondary N) is 3. The number of hydrazine groups is 1. The summed E-state index contributed by atoms with van der Waals surface area (Å²) >= 11 is 1.42. The quantitative estimate of drug-likeness (QED) is 0.477. The third-order valence-corrected chi connectivity index (χ3v) is 6.03. The van der Waals surface area contributed by atoms with Crippen molar-refractivity contribution in [3.63, 3.8) is 0 Å². The highest BCUT2D eigenvalue weighted by atomic mass is 32.1. The van der Waals surface area contributed by atoms with Gasteiger partial charge in [0, 0.05) is 25.3 Å². The van der Waals surface area contributed by atoms with Crippen LogP contribution in [0.4, 0.5) is 10.7 Å². The molecule has 1 aromatic heterocycles. The molecule has 152 valence electrons. The topological polar surface area (TPSA) is 67.3 Å². The van der Waals surface area contributed by atoms with E-state index in [1.807, 2.05) is 54.6 Å². The second-order valence-electron chi connectivity index (χ2n) is 7.25. The summed E-state index contributed by atoms with van der Waals surface area (Å²) in [6.07, 6.45) is 4.93. The van der Waals surface area contributed by atoms with Gasteiger partial charge < -0.3 is 10.1 Å². The lowest BCUT2D eigenvalue weighted by Gasteiger charge is -2.13. The zero-order chi connectivity index (χ0) is 20.1. The lowest BCUT2D eigenvalue weighted by Crippen LogP contribution is -2.39. The van der Waals surface area contributed by atoms with Crippen molar-refractivity contribution in [3.8, 4) is 11.5 Å². The molecule has 3 aromatic rings. The van der Waals surface area contributed by atoms with E-state index in [0.717, 1.165) is 27.8 Å². The highest BCUT2D eigenvalue weighted by Gasteiger charge is 2.16. The zero-order valence-electron chi connectivity index (χ0n) is 16.5. The molecule has 1 aliphatic rings. The Hall–Kier alpha value is -2.61. The Labute approximate surface area is 174 Å². The van der Waals surface area contributed by atoms with Gasteiger partial charge in [-0.1, -0.05) is 31.0 Å². The first-order chi connectivity index (χ1) is 14.2. The molecule has 1 aliphatic carbocycles. The van der Waals surface area contributed by atoms with E-state index in [9.17, 15) is 4.79 Å². The lowest BCUT2D eigenvalue weighted by molar-refractivity contribution is 0.432. The van der Waals surface area contributed by atoms with Crippen molar-refractivity contribution in [1.82, 2.24) is 14.8 Å². The van der Waals surface area contributed by atoms with Crippen molar-refractivity contribution in [3.05, 3.63) is 70.5 Å². The van der Waals surface area contributed by atoms with Crippen LogP contribution < -0.4 is 26.5 Å². The van der Waals surface area contributed by atoms with Crippen molar-refractivity contribution in [1.29, 1.82) is 0 Å². The van der Waals surface area contributed by atoms with Gasteiger partial charge in [-0.05, 0) is 60.8 Å². The van der Waals surface area contributed by atoms with Crippen molar-refractivity contribution >= 4 is 22.2 Å². The van der Waals surface area contributed by atoms with E-state index in [2.05, 4.69) is 16.2 Å². The number of anilines is 2. The SMILES string of the molecule is Cn1sc(Nc2ccc(Oc3ccccc3)cc2)c(CNNC2CCCC2)c1=O. The molecule has 7 heteroatoms. The van der Waals surface area contributed by atoms with E-state index >= 15 is 0 Å². The second-order valence-corrected chi connectivity index (χ2v) is 8.38. The van der Waals surface area contributed by atoms with Crippen LogP contribution in [0.2, 0.25) is 0 Å². The van der Waals surface area contributed by atoms with Crippen molar-refractivity contribution in [2.24, 2.45) is 7.05 Å². The van der Waals surface area contributed by atoms with Crippen LogP contribution in [-0.2, 0) is 13.6 Å². The summed E-state index contributed by atoms with van der Waals surface area (Å²) in [4.78, 5) is 12.5. The molecule has 1 saturated carbocycles. The van der Waals surface area contributed by atoms with Gasteiger partial charge >= 0.3 is 0 Å². The van der Waals surface area contributed by atoms with E-state index in [1.165, 1.54) is 37.2 Å². The Morgan fingerprint density at radius 2 is 1.72 bits per heavy atom. The van der Waals surface area contributed by atoms with Gasteiger partial charge in [-0.15, -0.1) is 0 Å². The van der Waals surface area contributed by atoms with Gasteiger partial charge in [0.15, 0.2) is 0 Å². The molecule has 0 atom stereocenters. The maximum Gasteiger partial charge on any atom is 0.267 e. The Morgan fingerprint density at radius 3 is 2.45 bits per heavy atom. The Morgan fingerprint density at radius 1 is 1.03 bits per heavy atom. The summed E-state index contributed by atoms with van der Waals surface area (Å²) < 4.78 is 7.49. The van der Waals surface area contributed by atoms with Crippen LogP contribution >= 0.6 is 11.5 Å². The van der Waals surface area contributed by atoms with Gasteiger partial charge in [-0.3, -0.25) is 19.6 Å². The van der Waals surface area contributed by atoms with E-state index in [1.54, 1.807) is 11.0 Å². The minimum absolute atomic E-state index is 0.0299. The molecule has 0 unspecified atom stereocenters. The molecule has 29 heavy (non-hydrogen) atoms. The first-order valence-corrected chi connectivity index (χ1v) is 10.7. The molecular formula is C22H26N4O2S. The molecule has 1 fully saturated rings. The summed E-state index contributed by atoms with van der Waals surface area (Å²) in [5, 5.41) is 4.23. The molecule has 3 N–H and O–H groups in total. The minimum atomic E-state index is 0.0299. The monoisotopic (exact) mass is 410 g/mol. The number of aryl methyl sites for hydroxylation is 1. The molecule has 0 amide bonds. The first kappa shape index (κ1) is 19.7. The maximum atomic E-state index is 12.5. The van der Waals surface area contributed by atoms with Crippen LogP contribution in [0.25, 0.3) is 0 Å². The predicted molar refractivity (Wildman–Crippen MR) is 118 cm³/mol. The molecule has 1 heterocycles. The Balaban J connectivity index is 1.40. The minimum Gasteiger partial charge on any atom is -0.457 e. The first-order valence-electron chi connectivity index (χ1n) is 9.96. The van der Waals surface area contributed by atoms with E-state index in [0.29, 0.717) is 12.6 Å². The highest BCUT2D eigenvalue weighted by Crippen LogP contribution is 2.27. The van der Waals surface area contributed by atoms with Crippen LogP contribution in [0, 0.1) is 0 Å².